The molecule has 1 aromatic heterocycles. The molecule has 0 bridgehead atoms. The van der Waals surface area contributed by atoms with Gasteiger partial charge in [0.05, 0.1) is 12.5 Å². The highest BCUT2D eigenvalue weighted by Crippen LogP contribution is 2.23. The third-order valence-corrected chi connectivity index (χ3v) is 4.18. The highest BCUT2D eigenvalue weighted by atomic mass is 16.5. The molecule has 0 aliphatic carbocycles. The Morgan fingerprint density at radius 2 is 1.96 bits per heavy atom. The number of esters is 1. The number of aromatic nitrogens is 1. The number of carbonyl (C=O) groups excluding carboxylic acids is 1. The van der Waals surface area contributed by atoms with E-state index in [4.69, 9.17) is 10.00 Å². The van der Waals surface area contributed by atoms with Gasteiger partial charge in [-0.2, -0.15) is 5.26 Å². The second kappa shape index (κ2) is 8.17. The van der Waals surface area contributed by atoms with E-state index in [0.29, 0.717) is 13.0 Å². The molecule has 0 N–H and O–H groups in total. The van der Waals surface area contributed by atoms with Crippen LogP contribution in [0.5, 0.6) is 0 Å². The van der Waals surface area contributed by atoms with Gasteiger partial charge < -0.3 is 9.30 Å². The van der Waals surface area contributed by atoms with Crippen molar-refractivity contribution in [3.63, 3.8) is 0 Å². The van der Waals surface area contributed by atoms with E-state index in [-0.39, 0.29) is 12.6 Å². The van der Waals surface area contributed by atoms with Crippen molar-refractivity contribution in [3.05, 3.63) is 77.5 Å². The van der Waals surface area contributed by atoms with E-state index < -0.39 is 0 Å². The maximum absolute atomic E-state index is 12.0. The van der Waals surface area contributed by atoms with Gasteiger partial charge in [0.1, 0.15) is 6.61 Å². The van der Waals surface area contributed by atoms with Gasteiger partial charge in [0, 0.05) is 35.3 Å². The second-order valence-corrected chi connectivity index (χ2v) is 6.13. The number of ether oxygens (including phenoxy) is 1. The molecule has 4 heteroatoms. The summed E-state index contributed by atoms with van der Waals surface area (Å²) < 4.78 is 7.34. The molecule has 4 nitrogen and oxygen atoms in total. The Kier molecular flexibility index (Phi) is 5.50. The summed E-state index contributed by atoms with van der Waals surface area (Å²) >= 11 is 0. The summed E-state index contributed by atoms with van der Waals surface area (Å²) in [6.45, 7) is 2.90. The molecule has 0 amide bonds. The maximum Gasteiger partial charge on any atom is 0.331 e. The van der Waals surface area contributed by atoms with Crippen molar-refractivity contribution in [2.45, 2.75) is 26.5 Å². The monoisotopic (exact) mass is 344 g/mol. The van der Waals surface area contributed by atoms with Gasteiger partial charge in [0.2, 0.25) is 0 Å². The first kappa shape index (κ1) is 17.5. The van der Waals surface area contributed by atoms with E-state index >= 15 is 0 Å². The van der Waals surface area contributed by atoms with Crippen LogP contribution in [0.1, 0.15) is 23.1 Å². The summed E-state index contributed by atoms with van der Waals surface area (Å²) in [5.41, 5.74) is 4.12. The van der Waals surface area contributed by atoms with E-state index in [9.17, 15) is 4.79 Å². The minimum absolute atomic E-state index is 0.257. The van der Waals surface area contributed by atoms with E-state index in [1.807, 2.05) is 66.2 Å². The number of hydrogen-bond donors (Lipinski definition) is 0. The van der Waals surface area contributed by atoms with Crippen molar-refractivity contribution >= 4 is 22.9 Å². The molecule has 0 saturated carbocycles. The summed E-state index contributed by atoms with van der Waals surface area (Å²) in [7, 11) is 0. The van der Waals surface area contributed by atoms with Gasteiger partial charge in [0.15, 0.2) is 0 Å². The van der Waals surface area contributed by atoms with Crippen LogP contribution in [0.25, 0.3) is 17.0 Å². The number of nitrogens with zero attached hydrogens (tertiary/aromatic N) is 2. The lowest BCUT2D eigenvalue weighted by atomic mass is 10.1. The second-order valence-electron chi connectivity index (χ2n) is 6.13. The van der Waals surface area contributed by atoms with Gasteiger partial charge in [-0.3, -0.25) is 0 Å². The van der Waals surface area contributed by atoms with E-state index in [2.05, 4.69) is 6.07 Å². The fourth-order valence-electron chi connectivity index (χ4n) is 2.81. The quantitative estimate of drug-likeness (QED) is 0.484. The van der Waals surface area contributed by atoms with Crippen LogP contribution in [0.4, 0.5) is 0 Å². The topological polar surface area (TPSA) is 55.0 Å². The predicted octanol–water partition coefficient (Wildman–Crippen LogP) is 4.62. The predicted molar refractivity (Wildman–Crippen MR) is 102 cm³/mol. The van der Waals surface area contributed by atoms with Crippen LogP contribution in [0.15, 0.2) is 60.8 Å². The van der Waals surface area contributed by atoms with E-state index in [1.165, 1.54) is 11.6 Å². The molecule has 26 heavy (non-hydrogen) atoms. The highest BCUT2D eigenvalue weighted by molar-refractivity contribution is 5.94. The lowest BCUT2D eigenvalue weighted by molar-refractivity contribution is -0.138. The third-order valence-electron chi connectivity index (χ3n) is 4.18. The third kappa shape index (κ3) is 4.20. The van der Waals surface area contributed by atoms with Crippen molar-refractivity contribution in [2.24, 2.45) is 0 Å². The average molecular weight is 344 g/mol. The lowest BCUT2D eigenvalue weighted by Gasteiger charge is -2.02. The van der Waals surface area contributed by atoms with Crippen LogP contribution in [0, 0.1) is 18.3 Å². The number of carbonyl (C=O) groups is 1. The minimum atomic E-state index is -0.376. The Morgan fingerprint density at radius 3 is 2.73 bits per heavy atom. The number of fused-ring (bicyclic) bond motifs is 1. The zero-order chi connectivity index (χ0) is 18.4. The van der Waals surface area contributed by atoms with Crippen molar-refractivity contribution in [3.8, 4) is 6.07 Å². The molecule has 130 valence electrons. The van der Waals surface area contributed by atoms with Crippen LogP contribution < -0.4 is 0 Å². The zero-order valence-electron chi connectivity index (χ0n) is 14.7. The highest BCUT2D eigenvalue weighted by Gasteiger charge is 2.06. The first-order valence-electron chi connectivity index (χ1n) is 8.52. The number of aryl methyl sites for hydroxylation is 2. The summed E-state index contributed by atoms with van der Waals surface area (Å²) in [4.78, 5) is 12.0. The van der Waals surface area contributed by atoms with Crippen LogP contribution in [0.2, 0.25) is 0 Å². The Labute approximate surface area is 152 Å². The van der Waals surface area contributed by atoms with E-state index in [1.54, 1.807) is 6.08 Å². The van der Waals surface area contributed by atoms with Crippen molar-refractivity contribution in [2.75, 3.05) is 0 Å². The normalized spacial score (nSPS) is 10.9. The smallest absolute Gasteiger partial charge is 0.331 e. The molecule has 3 aromatic rings. The van der Waals surface area contributed by atoms with Gasteiger partial charge in [0.25, 0.3) is 0 Å². The molecule has 3 rings (SSSR count). The van der Waals surface area contributed by atoms with Crippen LogP contribution in [-0.4, -0.2) is 10.5 Å². The Bertz CT molecular complexity index is 976. The largest absolute Gasteiger partial charge is 0.458 e. The standard InChI is InChI=1S/C22H20N2O2/c1-17-7-9-18(10-8-17)16-26-22(25)12-11-19-15-24(14-4-13-23)21-6-3-2-5-20(19)21/h2-3,5-12,15H,4,14,16H2,1H3/b12-11+. The minimum Gasteiger partial charge on any atom is -0.458 e. The molecule has 0 aliphatic rings. The first-order chi connectivity index (χ1) is 12.7. The molecule has 0 saturated heterocycles. The Balaban J connectivity index is 1.70. The fraction of sp³-hybridized carbons (Fsp3) is 0.182. The molecule has 0 fully saturated rings. The Morgan fingerprint density at radius 1 is 1.19 bits per heavy atom. The molecule has 2 aromatic carbocycles. The van der Waals surface area contributed by atoms with E-state index in [0.717, 1.165) is 22.0 Å². The maximum atomic E-state index is 12.0. The molecule has 0 atom stereocenters. The van der Waals surface area contributed by atoms with Crippen molar-refractivity contribution in [1.29, 1.82) is 5.26 Å². The molecule has 0 unspecified atom stereocenters. The average Bonchev–Trinajstić information content (AvgIpc) is 3.02. The van der Waals surface area contributed by atoms with Crippen molar-refractivity contribution in [1.82, 2.24) is 4.57 Å². The molecule has 0 spiro atoms. The fourth-order valence-corrected chi connectivity index (χ4v) is 2.81. The van der Waals surface area contributed by atoms with Gasteiger partial charge in [-0.15, -0.1) is 0 Å². The first-order valence-corrected chi connectivity index (χ1v) is 8.52. The summed E-state index contributed by atoms with van der Waals surface area (Å²) in [5, 5.41) is 9.86. The summed E-state index contributed by atoms with van der Waals surface area (Å²) in [6, 6.07) is 18.0. The van der Waals surface area contributed by atoms with Gasteiger partial charge in [-0.25, -0.2) is 4.79 Å². The van der Waals surface area contributed by atoms with Gasteiger partial charge >= 0.3 is 5.97 Å². The molecular formula is C22H20N2O2. The number of hydrogen-bond acceptors (Lipinski definition) is 3. The van der Waals surface area contributed by atoms with Crippen LogP contribution in [0.3, 0.4) is 0 Å². The molecular weight excluding hydrogens is 324 g/mol. The summed E-state index contributed by atoms with van der Waals surface area (Å²) in [5.74, 6) is -0.376. The molecule has 0 radical (unpaired) electrons. The number of benzene rings is 2. The van der Waals surface area contributed by atoms with Gasteiger partial charge in [-0.05, 0) is 24.6 Å². The van der Waals surface area contributed by atoms with Gasteiger partial charge in [-0.1, -0.05) is 48.0 Å². The lowest BCUT2D eigenvalue weighted by Crippen LogP contribution is -2.00. The Hall–Kier alpha value is -3.32. The summed E-state index contributed by atoms with van der Waals surface area (Å²) in [6.07, 6.45) is 5.62. The number of rotatable bonds is 6. The molecule has 1 heterocycles. The zero-order valence-corrected chi connectivity index (χ0v) is 14.7. The number of nitriles is 1. The van der Waals surface area contributed by atoms with Crippen LogP contribution >= 0.6 is 0 Å². The molecule has 0 aliphatic heterocycles. The van der Waals surface area contributed by atoms with Crippen LogP contribution in [-0.2, 0) is 22.7 Å². The number of para-hydroxylation sites is 1. The van der Waals surface area contributed by atoms with Crippen molar-refractivity contribution < 1.29 is 9.53 Å². The SMILES string of the molecule is Cc1ccc(COC(=O)/C=C/c2cn(CCC#N)c3ccccc23)cc1.